The molecule has 0 heterocycles. The maximum absolute atomic E-state index is 5.95. The standard InChI is InChI=1S/C19H23NO/c1-2-17-5-3-4-6-19(17)21-14-16-9-7-15(8-10-16)13-20-18-11-12-18/h3-10,18,20H,2,11-14H2,1H3. The minimum Gasteiger partial charge on any atom is -0.489 e. The van der Waals surface area contributed by atoms with Gasteiger partial charge in [0.25, 0.3) is 0 Å². The van der Waals surface area contributed by atoms with Gasteiger partial charge in [-0.1, -0.05) is 49.4 Å². The molecule has 1 N–H and O–H groups in total. The van der Waals surface area contributed by atoms with Gasteiger partial charge in [-0.15, -0.1) is 0 Å². The van der Waals surface area contributed by atoms with Crippen molar-refractivity contribution in [3.8, 4) is 5.75 Å². The Labute approximate surface area is 127 Å². The second kappa shape index (κ2) is 6.77. The van der Waals surface area contributed by atoms with Crippen molar-refractivity contribution in [1.29, 1.82) is 0 Å². The summed E-state index contributed by atoms with van der Waals surface area (Å²) in [4.78, 5) is 0. The number of para-hydroxylation sites is 1. The van der Waals surface area contributed by atoms with Gasteiger partial charge in [0.05, 0.1) is 0 Å². The Kier molecular flexibility index (Phi) is 4.56. The van der Waals surface area contributed by atoms with Crippen LogP contribution in [0, 0.1) is 0 Å². The van der Waals surface area contributed by atoms with Crippen LogP contribution in [0.4, 0.5) is 0 Å². The van der Waals surface area contributed by atoms with Gasteiger partial charge in [0.15, 0.2) is 0 Å². The lowest BCUT2D eigenvalue weighted by Gasteiger charge is -2.11. The number of hydrogen-bond donors (Lipinski definition) is 1. The van der Waals surface area contributed by atoms with Crippen LogP contribution in [0.25, 0.3) is 0 Å². The van der Waals surface area contributed by atoms with Crippen LogP contribution in [-0.2, 0) is 19.6 Å². The molecule has 1 aliphatic carbocycles. The predicted octanol–water partition coefficient (Wildman–Crippen LogP) is 4.08. The zero-order valence-electron chi connectivity index (χ0n) is 12.6. The maximum Gasteiger partial charge on any atom is 0.122 e. The van der Waals surface area contributed by atoms with Crippen molar-refractivity contribution in [3.63, 3.8) is 0 Å². The van der Waals surface area contributed by atoms with E-state index >= 15 is 0 Å². The second-order valence-electron chi connectivity index (χ2n) is 5.72. The molecule has 0 radical (unpaired) electrons. The van der Waals surface area contributed by atoms with Gasteiger partial charge in [-0.05, 0) is 42.0 Å². The zero-order chi connectivity index (χ0) is 14.5. The largest absolute Gasteiger partial charge is 0.489 e. The van der Waals surface area contributed by atoms with Gasteiger partial charge in [-0.3, -0.25) is 0 Å². The molecule has 0 aliphatic heterocycles. The van der Waals surface area contributed by atoms with E-state index in [-0.39, 0.29) is 0 Å². The van der Waals surface area contributed by atoms with E-state index in [0.717, 1.165) is 24.8 Å². The van der Waals surface area contributed by atoms with Gasteiger partial charge in [0.1, 0.15) is 12.4 Å². The molecule has 2 nitrogen and oxygen atoms in total. The summed E-state index contributed by atoms with van der Waals surface area (Å²) in [5.74, 6) is 1.000. The minimum atomic E-state index is 0.632. The number of hydrogen-bond acceptors (Lipinski definition) is 2. The molecule has 0 spiro atoms. The molecule has 2 heteroatoms. The quantitative estimate of drug-likeness (QED) is 0.825. The Hall–Kier alpha value is -1.80. The Bertz CT molecular complexity index is 572. The average Bonchev–Trinajstić information content (AvgIpc) is 3.36. The molecule has 0 atom stereocenters. The molecular weight excluding hydrogens is 258 g/mol. The molecule has 0 bridgehead atoms. The fourth-order valence-corrected chi connectivity index (χ4v) is 2.40. The van der Waals surface area contributed by atoms with E-state index < -0.39 is 0 Å². The highest BCUT2D eigenvalue weighted by molar-refractivity contribution is 5.33. The maximum atomic E-state index is 5.95. The summed E-state index contributed by atoms with van der Waals surface area (Å²) >= 11 is 0. The van der Waals surface area contributed by atoms with E-state index in [0.29, 0.717) is 6.61 Å². The van der Waals surface area contributed by atoms with E-state index in [1.54, 1.807) is 0 Å². The third-order valence-electron chi connectivity index (χ3n) is 3.94. The first-order chi connectivity index (χ1) is 10.3. The van der Waals surface area contributed by atoms with Crippen LogP contribution < -0.4 is 10.1 Å². The van der Waals surface area contributed by atoms with Crippen molar-refractivity contribution < 1.29 is 4.74 Å². The molecule has 0 unspecified atom stereocenters. The lowest BCUT2D eigenvalue weighted by atomic mass is 10.1. The van der Waals surface area contributed by atoms with Gasteiger partial charge in [0.2, 0.25) is 0 Å². The van der Waals surface area contributed by atoms with Crippen LogP contribution >= 0.6 is 0 Å². The molecular formula is C19H23NO. The van der Waals surface area contributed by atoms with E-state index in [9.17, 15) is 0 Å². The summed E-state index contributed by atoms with van der Waals surface area (Å²) in [7, 11) is 0. The normalized spacial score (nSPS) is 14.1. The van der Waals surface area contributed by atoms with E-state index in [1.807, 2.05) is 12.1 Å². The van der Waals surface area contributed by atoms with Gasteiger partial charge in [-0.25, -0.2) is 0 Å². The van der Waals surface area contributed by atoms with Crippen LogP contribution in [0.3, 0.4) is 0 Å². The molecule has 0 saturated heterocycles. The van der Waals surface area contributed by atoms with Gasteiger partial charge in [0, 0.05) is 12.6 Å². The van der Waals surface area contributed by atoms with E-state index in [4.69, 9.17) is 4.74 Å². The van der Waals surface area contributed by atoms with E-state index in [2.05, 4.69) is 48.6 Å². The first kappa shape index (κ1) is 14.2. The summed E-state index contributed by atoms with van der Waals surface area (Å²) in [6.45, 7) is 3.77. The first-order valence-corrected chi connectivity index (χ1v) is 7.87. The number of benzene rings is 2. The van der Waals surface area contributed by atoms with Crippen LogP contribution in [-0.4, -0.2) is 6.04 Å². The van der Waals surface area contributed by atoms with Crippen LogP contribution in [0.2, 0.25) is 0 Å². The Balaban J connectivity index is 1.54. The van der Waals surface area contributed by atoms with Crippen molar-refractivity contribution in [2.75, 3.05) is 0 Å². The van der Waals surface area contributed by atoms with E-state index in [1.165, 1.54) is 29.5 Å². The fraction of sp³-hybridized carbons (Fsp3) is 0.368. The molecule has 2 aromatic carbocycles. The molecule has 0 aromatic heterocycles. The molecule has 21 heavy (non-hydrogen) atoms. The summed E-state index contributed by atoms with van der Waals surface area (Å²) in [5, 5.41) is 3.53. The molecule has 1 aliphatic rings. The van der Waals surface area contributed by atoms with Crippen LogP contribution in [0.5, 0.6) is 5.75 Å². The van der Waals surface area contributed by atoms with Crippen molar-refractivity contribution in [2.45, 2.75) is 45.4 Å². The fourth-order valence-electron chi connectivity index (χ4n) is 2.40. The van der Waals surface area contributed by atoms with Crippen molar-refractivity contribution in [1.82, 2.24) is 5.32 Å². The summed E-state index contributed by atoms with van der Waals surface area (Å²) in [6.07, 6.45) is 3.67. The lowest BCUT2D eigenvalue weighted by Crippen LogP contribution is -2.15. The minimum absolute atomic E-state index is 0.632. The summed E-state index contributed by atoms with van der Waals surface area (Å²) in [5.41, 5.74) is 3.83. The SMILES string of the molecule is CCc1ccccc1OCc1ccc(CNC2CC2)cc1. The second-order valence-corrected chi connectivity index (χ2v) is 5.72. The molecule has 0 amide bonds. The number of ether oxygens (including phenoxy) is 1. The first-order valence-electron chi connectivity index (χ1n) is 7.87. The zero-order valence-corrected chi connectivity index (χ0v) is 12.6. The molecule has 1 saturated carbocycles. The monoisotopic (exact) mass is 281 g/mol. The summed E-state index contributed by atoms with van der Waals surface area (Å²) < 4.78 is 5.95. The van der Waals surface area contributed by atoms with Gasteiger partial charge >= 0.3 is 0 Å². The number of rotatable bonds is 7. The Morgan fingerprint density at radius 2 is 1.71 bits per heavy atom. The molecule has 2 aromatic rings. The average molecular weight is 281 g/mol. The molecule has 110 valence electrons. The highest BCUT2D eigenvalue weighted by Gasteiger charge is 2.19. The van der Waals surface area contributed by atoms with Crippen LogP contribution in [0.1, 0.15) is 36.5 Å². The predicted molar refractivity (Wildman–Crippen MR) is 86.5 cm³/mol. The van der Waals surface area contributed by atoms with Gasteiger partial charge < -0.3 is 10.1 Å². The highest BCUT2D eigenvalue weighted by atomic mass is 16.5. The molecule has 1 fully saturated rings. The Morgan fingerprint density at radius 1 is 1.00 bits per heavy atom. The van der Waals surface area contributed by atoms with Crippen LogP contribution in [0.15, 0.2) is 48.5 Å². The van der Waals surface area contributed by atoms with Gasteiger partial charge in [-0.2, -0.15) is 0 Å². The molecule has 3 rings (SSSR count). The highest BCUT2D eigenvalue weighted by Crippen LogP contribution is 2.21. The topological polar surface area (TPSA) is 21.3 Å². The van der Waals surface area contributed by atoms with Crippen molar-refractivity contribution in [3.05, 3.63) is 65.2 Å². The number of aryl methyl sites for hydroxylation is 1. The smallest absolute Gasteiger partial charge is 0.122 e. The third-order valence-corrected chi connectivity index (χ3v) is 3.94. The van der Waals surface area contributed by atoms with Crippen molar-refractivity contribution >= 4 is 0 Å². The van der Waals surface area contributed by atoms with Crippen molar-refractivity contribution in [2.24, 2.45) is 0 Å². The lowest BCUT2D eigenvalue weighted by molar-refractivity contribution is 0.303. The summed E-state index contributed by atoms with van der Waals surface area (Å²) in [6, 6.07) is 17.7. The number of nitrogens with one attached hydrogen (secondary N) is 1. The third kappa shape index (κ3) is 4.08. The Morgan fingerprint density at radius 3 is 2.43 bits per heavy atom.